The number of para-hydroxylation sites is 2. The Morgan fingerprint density at radius 3 is 1.45 bits per heavy atom. The number of nitrogens with zero attached hydrogens (tertiary/aromatic N) is 2. The lowest BCUT2D eigenvalue weighted by atomic mass is 9.67. The maximum absolute atomic E-state index is 2.45. The quantitative estimate of drug-likeness (QED) is 0.148. The van der Waals surface area contributed by atoms with Gasteiger partial charge in [-0.2, -0.15) is 0 Å². The van der Waals surface area contributed by atoms with Crippen LogP contribution in [0.25, 0.3) is 60.9 Å². The van der Waals surface area contributed by atoms with E-state index in [0.29, 0.717) is 0 Å². The van der Waals surface area contributed by atoms with Gasteiger partial charge in [0.2, 0.25) is 0 Å². The fourth-order valence-corrected chi connectivity index (χ4v) is 10.3. The minimum absolute atomic E-state index is 0. The predicted octanol–water partition coefficient (Wildman–Crippen LogP) is 16.8. The fourth-order valence-electron chi connectivity index (χ4n) is 10.3. The van der Waals surface area contributed by atoms with Gasteiger partial charge in [0.05, 0.1) is 16.4 Å². The molecule has 0 amide bonds. The predicted molar refractivity (Wildman–Crippen MR) is 272 cm³/mol. The SMILES string of the molecule is C.[HH].c1ccc(-c2ccc(N(c3ccc(-c4ccc5c(c4)c4ccccc4n5-c4ccccc4)cc3)c3ccc4c(c3)C(c3ccccc3)(c3ccccc3)c3ccccc3-4)cc2)cc1. The molecule has 1 aromatic heterocycles. The second-order valence-electron chi connectivity index (χ2n) is 16.5. The van der Waals surface area contributed by atoms with E-state index in [2.05, 4.69) is 264 Å². The number of hydrogen-bond acceptors (Lipinski definition) is 1. The zero-order chi connectivity index (χ0) is 41.7. The minimum atomic E-state index is -0.501. The van der Waals surface area contributed by atoms with E-state index in [0.717, 1.165) is 22.7 Å². The van der Waals surface area contributed by atoms with Crippen LogP contribution in [-0.2, 0) is 5.41 Å². The van der Waals surface area contributed by atoms with Crippen molar-refractivity contribution in [2.24, 2.45) is 0 Å². The molecule has 0 radical (unpaired) electrons. The van der Waals surface area contributed by atoms with Crippen molar-refractivity contribution in [2.45, 2.75) is 12.8 Å². The molecule has 11 aromatic rings. The number of fused-ring (bicyclic) bond motifs is 6. The number of rotatable bonds is 8. The third kappa shape index (κ3) is 6.18. The van der Waals surface area contributed by atoms with Gasteiger partial charge in [0.15, 0.2) is 0 Å². The first-order valence-corrected chi connectivity index (χ1v) is 21.8. The molecular formula is C62H48N2. The monoisotopic (exact) mass is 820 g/mol. The fraction of sp³-hybridized carbons (Fsp3) is 0.0323. The summed E-state index contributed by atoms with van der Waals surface area (Å²) < 4.78 is 2.37. The van der Waals surface area contributed by atoms with Gasteiger partial charge in [-0.1, -0.05) is 195 Å². The topological polar surface area (TPSA) is 8.17 Å². The third-order valence-corrected chi connectivity index (χ3v) is 13.1. The summed E-state index contributed by atoms with van der Waals surface area (Å²) in [6.45, 7) is 0. The van der Waals surface area contributed by atoms with Crippen LogP contribution in [0.15, 0.2) is 255 Å². The van der Waals surface area contributed by atoms with Crippen molar-refractivity contribution in [3.8, 4) is 39.1 Å². The summed E-state index contributed by atoms with van der Waals surface area (Å²) in [5, 5.41) is 2.50. The summed E-state index contributed by atoms with van der Waals surface area (Å²) in [5.41, 5.74) is 18.8. The molecule has 0 N–H and O–H groups in total. The van der Waals surface area contributed by atoms with Crippen LogP contribution < -0.4 is 4.90 Å². The molecule has 12 rings (SSSR count). The van der Waals surface area contributed by atoms with Gasteiger partial charge in [0, 0.05) is 34.9 Å². The normalized spacial score (nSPS) is 12.4. The standard InChI is InChI=1S/C61H42N2.CH4.H2/c1-5-17-43(18-6-1)44-29-34-50(35-30-44)62(51-36-31-45(32-37-51)46-33-40-60-56(41-46)55-26-14-16-28-59(55)63(60)49-23-11-4-12-24-49)52-38-39-54-53-25-13-15-27-57(53)61(58(54)42-52,47-19-7-2-8-20-47)48-21-9-3-10-22-48;;/h1-42H;1H4;1H. The van der Waals surface area contributed by atoms with Gasteiger partial charge in [0.25, 0.3) is 0 Å². The highest BCUT2D eigenvalue weighted by Gasteiger charge is 2.46. The Balaban J connectivity index is 0.00000249. The molecule has 306 valence electrons. The number of aromatic nitrogens is 1. The van der Waals surface area contributed by atoms with E-state index < -0.39 is 5.41 Å². The van der Waals surface area contributed by atoms with Crippen molar-refractivity contribution in [2.75, 3.05) is 4.90 Å². The lowest BCUT2D eigenvalue weighted by Gasteiger charge is -2.35. The average molecular weight is 821 g/mol. The number of anilines is 3. The van der Waals surface area contributed by atoms with Crippen LogP contribution in [-0.4, -0.2) is 4.57 Å². The van der Waals surface area contributed by atoms with Crippen LogP contribution in [0.4, 0.5) is 17.1 Å². The van der Waals surface area contributed by atoms with Gasteiger partial charge in [-0.15, -0.1) is 0 Å². The highest BCUT2D eigenvalue weighted by Crippen LogP contribution is 2.57. The Bertz CT molecular complexity index is 3380. The molecule has 1 aliphatic carbocycles. The van der Waals surface area contributed by atoms with Crippen molar-refractivity contribution >= 4 is 38.9 Å². The average Bonchev–Trinajstić information content (AvgIpc) is 3.86. The first-order chi connectivity index (χ1) is 31.3. The van der Waals surface area contributed by atoms with Crippen molar-refractivity contribution < 1.29 is 1.43 Å². The molecule has 0 fully saturated rings. The van der Waals surface area contributed by atoms with Crippen molar-refractivity contribution in [3.63, 3.8) is 0 Å². The molecular weight excluding hydrogens is 773 g/mol. The van der Waals surface area contributed by atoms with E-state index >= 15 is 0 Å². The maximum atomic E-state index is 2.45. The van der Waals surface area contributed by atoms with Gasteiger partial charge >= 0.3 is 0 Å². The van der Waals surface area contributed by atoms with Crippen molar-refractivity contribution in [3.05, 3.63) is 277 Å². The van der Waals surface area contributed by atoms with Gasteiger partial charge < -0.3 is 9.47 Å². The van der Waals surface area contributed by atoms with Gasteiger partial charge in [-0.25, -0.2) is 0 Å². The second kappa shape index (κ2) is 15.9. The molecule has 0 spiro atoms. The zero-order valence-electron chi connectivity index (χ0n) is 34.6. The molecule has 1 heterocycles. The molecule has 2 nitrogen and oxygen atoms in total. The first-order valence-electron chi connectivity index (χ1n) is 21.8. The highest BCUT2D eigenvalue weighted by atomic mass is 15.1. The van der Waals surface area contributed by atoms with E-state index in [1.807, 2.05) is 0 Å². The van der Waals surface area contributed by atoms with Crippen LogP contribution in [0.2, 0.25) is 0 Å². The molecule has 10 aromatic carbocycles. The summed E-state index contributed by atoms with van der Waals surface area (Å²) in [6.07, 6.45) is 0. The maximum Gasteiger partial charge on any atom is 0.0714 e. The van der Waals surface area contributed by atoms with E-state index in [9.17, 15) is 0 Å². The molecule has 0 atom stereocenters. The summed E-state index contributed by atoms with van der Waals surface area (Å²) in [7, 11) is 0. The van der Waals surface area contributed by atoms with Crippen LogP contribution >= 0.6 is 0 Å². The Hall–Kier alpha value is -8.20. The van der Waals surface area contributed by atoms with Gasteiger partial charge in [-0.05, 0) is 122 Å². The largest absolute Gasteiger partial charge is 0.310 e. The lowest BCUT2D eigenvalue weighted by Crippen LogP contribution is -2.28. The molecule has 0 bridgehead atoms. The van der Waals surface area contributed by atoms with E-state index in [4.69, 9.17) is 0 Å². The summed E-state index contributed by atoms with van der Waals surface area (Å²) in [4.78, 5) is 2.42. The van der Waals surface area contributed by atoms with Crippen molar-refractivity contribution in [1.29, 1.82) is 0 Å². The Labute approximate surface area is 377 Å². The van der Waals surface area contributed by atoms with Crippen LogP contribution in [0.1, 0.15) is 31.1 Å². The summed E-state index contributed by atoms with van der Waals surface area (Å²) in [5.74, 6) is 0. The third-order valence-electron chi connectivity index (χ3n) is 13.1. The Morgan fingerprint density at radius 2 is 0.797 bits per heavy atom. The molecule has 0 saturated heterocycles. The molecule has 1 aliphatic rings. The zero-order valence-corrected chi connectivity index (χ0v) is 34.6. The summed E-state index contributed by atoms with van der Waals surface area (Å²) in [6, 6.07) is 93.2. The minimum Gasteiger partial charge on any atom is -0.310 e. The second-order valence-corrected chi connectivity index (χ2v) is 16.5. The number of benzene rings is 10. The van der Waals surface area contributed by atoms with Crippen LogP contribution in [0.3, 0.4) is 0 Å². The van der Waals surface area contributed by atoms with Gasteiger partial charge in [-0.3, -0.25) is 0 Å². The Kier molecular flexibility index (Phi) is 9.63. The number of hydrogen-bond donors (Lipinski definition) is 0. The van der Waals surface area contributed by atoms with E-state index in [1.54, 1.807) is 0 Å². The molecule has 64 heavy (non-hydrogen) atoms. The molecule has 2 heteroatoms. The van der Waals surface area contributed by atoms with E-state index in [1.165, 1.54) is 77.4 Å². The van der Waals surface area contributed by atoms with Gasteiger partial charge in [0.1, 0.15) is 0 Å². The molecule has 0 unspecified atom stereocenters. The molecule has 0 aliphatic heterocycles. The van der Waals surface area contributed by atoms with Crippen molar-refractivity contribution in [1.82, 2.24) is 4.57 Å². The lowest BCUT2D eigenvalue weighted by molar-refractivity contribution is 0.768. The molecule has 0 saturated carbocycles. The summed E-state index contributed by atoms with van der Waals surface area (Å²) >= 11 is 0. The van der Waals surface area contributed by atoms with Crippen LogP contribution in [0, 0.1) is 0 Å². The first kappa shape index (κ1) is 38.7. The van der Waals surface area contributed by atoms with Crippen LogP contribution in [0.5, 0.6) is 0 Å². The smallest absolute Gasteiger partial charge is 0.0714 e. The Morgan fingerprint density at radius 1 is 0.328 bits per heavy atom. The van der Waals surface area contributed by atoms with E-state index in [-0.39, 0.29) is 8.85 Å². The highest BCUT2D eigenvalue weighted by molar-refractivity contribution is 6.10.